The second-order valence-electron chi connectivity index (χ2n) is 8.05. The van der Waals surface area contributed by atoms with E-state index in [4.69, 9.17) is 16.3 Å². The van der Waals surface area contributed by atoms with Gasteiger partial charge in [-0.3, -0.25) is 4.79 Å². The van der Waals surface area contributed by atoms with Crippen LogP contribution in [0.1, 0.15) is 24.8 Å². The van der Waals surface area contributed by atoms with Gasteiger partial charge >= 0.3 is 0 Å². The Labute approximate surface area is 208 Å². The third kappa shape index (κ3) is 5.43. The highest BCUT2D eigenvalue weighted by atomic mass is 35.5. The lowest BCUT2D eigenvalue weighted by Gasteiger charge is -2.31. The number of nitrogens with one attached hydrogen (secondary N) is 1. The Morgan fingerprint density at radius 3 is 2.82 bits per heavy atom. The standard InChI is InChI=1S/C24H26ClN3O4S2/c1-3-32-23-10-9-20(13-21(23)25)34(30,31)28-11-5-7-18(14-28)24(29)27-19-8-4-6-17(12-19)22-15-33-16(2)26-22/h4,6,8-10,12-13,15,18H,3,5,7,11,14H2,1-2H3,(H,27,29)/t18-/m1/s1. The van der Waals surface area contributed by atoms with Gasteiger partial charge in [-0.2, -0.15) is 4.31 Å². The number of carbonyl (C=O) groups excluding carboxylic acids is 1. The highest BCUT2D eigenvalue weighted by molar-refractivity contribution is 7.89. The second-order valence-corrected chi connectivity index (χ2v) is 11.5. The molecule has 2 aromatic carbocycles. The summed E-state index contributed by atoms with van der Waals surface area (Å²) in [6, 6.07) is 12.0. The molecule has 7 nitrogen and oxygen atoms in total. The van der Waals surface area contributed by atoms with Gasteiger partial charge in [-0.25, -0.2) is 13.4 Å². The number of aromatic nitrogens is 1. The van der Waals surface area contributed by atoms with E-state index in [1.807, 2.05) is 43.5 Å². The van der Waals surface area contributed by atoms with E-state index < -0.39 is 15.9 Å². The summed E-state index contributed by atoms with van der Waals surface area (Å²) in [4.78, 5) is 17.6. The number of carbonyl (C=O) groups is 1. The van der Waals surface area contributed by atoms with Crippen LogP contribution in [0.4, 0.5) is 5.69 Å². The van der Waals surface area contributed by atoms with Crippen molar-refractivity contribution in [2.24, 2.45) is 5.92 Å². The Bertz CT molecular complexity index is 1290. The third-order valence-electron chi connectivity index (χ3n) is 5.64. The van der Waals surface area contributed by atoms with Gasteiger partial charge in [-0.1, -0.05) is 23.7 Å². The molecule has 10 heteroatoms. The summed E-state index contributed by atoms with van der Waals surface area (Å²) in [5.74, 6) is -0.211. The molecule has 1 fully saturated rings. The molecule has 0 bridgehead atoms. The number of piperidine rings is 1. The van der Waals surface area contributed by atoms with Gasteiger partial charge in [0.25, 0.3) is 0 Å². The van der Waals surface area contributed by atoms with Crippen molar-refractivity contribution in [3.63, 3.8) is 0 Å². The number of ether oxygens (including phenoxy) is 1. The van der Waals surface area contributed by atoms with Gasteiger partial charge in [-0.15, -0.1) is 11.3 Å². The van der Waals surface area contributed by atoms with Crippen molar-refractivity contribution in [3.8, 4) is 17.0 Å². The summed E-state index contributed by atoms with van der Waals surface area (Å²) in [6.45, 7) is 4.68. The molecule has 1 atom stereocenters. The summed E-state index contributed by atoms with van der Waals surface area (Å²) >= 11 is 7.78. The van der Waals surface area contributed by atoms with Gasteiger partial charge in [0.05, 0.1) is 33.1 Å². The number of nitrogens with zero attached hydrogens (tertiary/aromatic N) is 2. The summed E-state index contributed by atoms with van der Waals surface area (Å²) in [7, 11) is -3.79. The Balaban J connectivity index is 1.46. The van der Waals surface area contributed by atoms with Gasteiger partial charge in [-0.05, 0) is 57.0 Å². The van der Waals surface area contributed by atoms with E-state index in [2.05, 4.69) is 10.3 Å². The number of sulfonamides is 1. The van der Waals surface area contributed by atoms with Crippen molar-refractivity contribution in [2.75, 3.05) is 25.0 Å². The first kappa shape index (κ1) is 24.7. The number of benzene rings is 2. The van der Waals surface area contributed by atoms with Crippen LogP contribution in [0.25, 0.3) is 11.3 Å². The molecule has 2 heterocycles. The number of anilines is 1. The number of hydrogen-bond acceptors (Lipinski definition) is 6. The molecule has 180 valence electrons. The van der Waals surface area contributed by atoms with Crippen LogP contribution in [0.3, 0.4) is 0 Å². The number of thiazole rings is 1. The molecule has 0 aliphatic carbocycles. The summed E-state index contributed by atoms with van der Waals surface area (Å²) in [5.41, 5.74) is 2.44. The van der Waals surface area contributed by atoms with Crippen LogP contribution in [0, 0.1) is 12.8 Å². The lowest BCUT2D eigenvalue weighted by Crippen LogP contribution is -2.43. The van der Waals surface area contributed by atoms with E-state index in [1.54, 1.807) is 17.4 Å². The summed E-state index contributed by atoms with van der Waals surface area (Å²) in [5, 5.41) is 6.14. The van der Waals surface area contributed by atoms with Crippen molar-refractivity contribution in [1.82, 2.24) is 9.29 Å². The monoisotopic (exact) mass is 519 g/mol. The van der Waals surface area contributed by atoms with Crippen molar-refractivity contribution < 1.29 is 17.9 Å². The van der Waals surface area contributed by atoms with Crippen LogP contribution in [-0.2, 0) is 14.8 Å². The largest absolute Gasteiger partial charge is 0.492 e. The van der Waals surface area contributed by atoms with Crippen LogP contribution in [0.2, 0.25) is 5.02 Å². The Morgan fingerprint density at radius 2 is 2.12 bits per heavy atom. The van der Waals surface area contributed by atoms with Gasteiger partial charge in [0.2, 0.25) is 15.9 Å². The predicted molar refractivity (Wildman–Crippen MR) is 135 cm³/mol. The maximum Gasteiger partial charge on any atom is 0.243 e. The van der Waals surface area contributed by atoms with Gasteiger partial charge in [0.1, 0.15) is 5.75 Å². The first-order valence-electron chi connectivity index (χ1n) is 11.0. The fraction of sp³-hybridized carbons (Fsp3) is 0.333. The smallest absolute Gasteiger partial charge is 0.243 e. The van der Waals surface area contributed by atoms with E-state index >= 15 is 0 Å². The molecule has 1 aliphatic rings. The maximum absolute atomic E-state index is 13.2. The minimum Gasteiger partial charge on any atom is -0.492 e. The lowest BCUT2D eigenvalue weighted by atomic mass is 9.98. The van der Waals surface area contributed by atoms with E-state index in [1.165, 1.54) is 16.4 Å². The average Bonchev–Trinajstić information content (AvgIpc) is 3.27. The molecule has 34 heavy (non-hydrogen) atoms. The summed E-state index contributed by atoms with van der Waals surface area (Å²) in [6.07, 6.45) is 1.22. The third-order valence-corrected chi connectivity index (χ3v) is 8.57. The van der Waals surface area contributed by atoms with Crippen LogP contribution >= 0.6 is 22.9 Å². The molecule has 0 saturated carbocycles. The van der Waals surface area contributed by atoms with Crippen molar-refractivity contribution in [3.05, 3.63) is 57.9 Å². The van der Waals surface area contributed by atoms with Crippen LogP contribution in [0.5, 0.6) is 5.75 Å². The molecule has 4 rings (SSSR count). The normalized spacial score (nSPS) is 16.9. The predicted octanol–water partition coefficient (Wildman–Crippen LogP) is 5.21. The second kappa shape index (κ2) is 10.4. The fourth-order valence-corrected chi connectivity index (χ4v) is 6.41. The zero-order valence-electron chi connectivity index (χ0n) is 19.0. The van der Waals surface area contributed by atoms with E-state index in [0.29, 0.717) is 37.4 Å². The maximum atomic E-state index is 13.2. The van der Waals surface area contributed by atoms with Gasteiger partial charge in [0.15, 0.2) is 0 Å². The highest BCUT2D eigenvalue weighted by Gasteiger charge is 2.33. The first-order chi connectivity index (χ1) is 16.3. The van der Waals surface area contributed by atoms with Gasteiger partial charge < -0.3 is 10.1 Å². The van der Waals surface area contributed by atoms with E-state index in [9.17, 15) is 13.2 Å². The Hall–Kier alpha value is -2.46. The number of rotatable bonds is 7. The topological polar surface area (TPSA) is 88.6 Å². The SMILES string of the molecule is CCOc1ccc(S(=O)(=O)N2CCC[C@@H](C(=O)Nc3cccc(-c4csc(C)n4)c3)C2)cc1Cl. The van der Waals surface area contributed by atoms with Crippen molar-refractivity contribution >= 4 is 44.6 Å². The minimum atomic E-state index is -3.79. The fourth-order valence-electron chi connectivity index (χ4n) is 3.93. The minimum absolute atomic E-state index is 0.0910. The molecule has 1 N–H and O–H groups in total. The molecule has 0 spiro atoms. The molecular formula is C24H26ClN3O4S2. The summed E-state index contributed by atoms with van der Waals surface area (Å²) < 4.78 is 33.2. The molecule has 0 unspecified atom stereocenters. The molecule has 0 radical (unpaired) electrons. The average molecular weight is 520 g/mol. The molecule has 1 aromatic heterocycles. The molecule has 1 aliphatic heterocycles. The van der Waals surface area contributed by atoms with Crippen LogP contribution in [0.15, 0.2) is 52.7 Å². The quantitative estimate of drug-likeness (QED) is 0.463. The van der Waals surface area contributed by atoms with Crippen molar-refractivity contribution in [1.29, 1.82) is 0 Å². The number of aryl methyl sites for hydroxylation is 1. The van der Waals surface area contributed by atoms with Crippen LogP contribution < -0.4 is 10.1 Å². The number of amides is 1. The molecule has 1 amide bonds. The molecular weight excluding hydrogens is 494 g/mol. The van der Waals surface area contributed by atoms with E-state index in [0.717, 1.165) is 16.3 Å². The number of hydrogen-bond donors (Lipinski definition) is 1. The van der Waals surface area contributed by atoms with E-state index in [-0.39, 0.29) is 22.4 Å². The Kier molecular flexibility index (Phi) is 7.57. The van der Waals surface area contributed by atoms with Crippen molar-refractivity contribution in [2.45, 2.75) is 31.6 Å². The zero-order chi connectivity index (χ0) is 24.3. The lowest BCUT2D eigenvalue weighted by molar-refractivity contribution is -0.120. The Morgan fingerprint density at radius 1 is 1.29 bits per heavy atom. The molecule has 1 saturated heterocycles. The first-order valence-corrected chi connectivity index (χ1v) is 13.7. The number of halogens is 1. The van der Waals surface area contributed by atoms with Gasteiger partial charge in [0, 0.05) is 29.7 Å². The van der Waals surface area contributed by atoms with Crippen LogP contribution in [-0.4, -0.2) is 43.3 Å². The molecule has 3 aromatic rings. The zero-order valence-corrected chi connectivity index (χ0v) is 21.3. The highest BCUT2D eigenvalue weighted by Crippen LogP contribution is 2.31.